The summed E-state index contributed by atoms with van der Waals surface area (Å²) in [5, 5.41) is 2.15. The maximum Gasteiger partial charge on any atom is 0.267 e. The number of ether oxygens (including phenoxy) is 2. The molecule has 0 saturated carbocycles. The minimum atomic E-state index is -4.09. The van der Waals surface area contributed by atoms with Crippen molar-refractivity contribution >= 4 is 27.3 Å². The summed E-state index contributed by atoms with van der Waals surface area (Å²) in [6, 6.07) is 15.2. The van der Waals surface area contributed by atoms with E-state index in [1.807, 2.05) is 0 Å². The maximum atomic E-state index is 14.0. The van der Waals surface area contributed by atoms with Crippen molar-refractivity contribution in [2.75, 3.05) is 23.3 Å². The molecule has 0 saturated heterocycles. The first-order chi connectivity index (χ1) is 15.3. The summed E-state index contributed by atoms with van der Waals surface area (Å²) < 4.78 is 66.4. The Bertz CT molecular complexity index is 1250. The highest BCUT2D eigenvalue weighted by Gasteiger charge is 2.37. The number of hydrogen-bond donors (Lipinski definition) is 1. The second-order valence-corrected chi connectivity index (χ2v) is 8.73. The van der Waals surface area contributed by atoms with Crippen molar-refractivity contribution in [2.45, 2.75) is 11.0 Å². The molecule has 3 aromatic rings. The van der Waals surface area contributed by atoms with Gasteiger partial charge in [-0.1, -0.05) is 18.2 Å². The van der Waals surface area contributed by atoms with Crippen LogP contribution in [0.5, 0.6) is 11.5 Å². The predicted molar refractivity (Wildman–Crippen MR) is 113 cm³/mol. The Kier molecular flexibility index (Phi) is 5.70. The number of amides is 1. The molecule has 0 aromatic heterocycles. The zero-order valence-electron chi connectivity index (χ0n) is 16.8. The lowest BCUT2D eigenvalue weighted by Gasteiger charge is -2.34. The Hall–Kier alpha value is -3.66. The molecular formula is C22H18F2N2O5S. The summed E-state index contributed by atoms with van der Waals surface area (Å²) >= 11 is 0. The Labute approximate surface area is 183 Å². The molecule has 1 aliphatic heterocycles. The van der Waals surface area contributed by atoms with E-state index in [1.54, 1.807) is 18.2 Å². The summed E-state index contributed by atoms with van der Waals surface area (Å²) in [5.74, 6) is -2.19. The van der Waals surface area contributed by atoms with Gasteiger partial charge >= 0.3 is 0 Å². The van der Waals surface area contributed by atoms with Crippen LogP contribution in [0.3, 0.4) is 0 Å². The number of benzene rings is 3. The second-order valence-electron chi connectivity index (χ2n) is 6.87. The minimum absolute atomic E-state index is 0.0192. The number of anilines is 2. The quantitative estimate of drug-likeness (QED) is 0.629. The van der Waals surface area contributed by atoms with E-state index in [1.165, 1.54) is 37.4 Å². The largest absolute Gasteiger partial charge is 0.497 e. The molecule has 0 radical (unpaired) electrons. The SMILES string of the molecule is COc1ccc(S(=O)(=O)N2CC(C(=O)Nc3c(F)cccc3F)Oc3ccccc32)cc1. The highest BCUT2D eigenvalue weighted by Crippen LogP contribution is 2.37. The number of hydrogen-bond acceptors (Lipinski definition) is 5. The number of sulfonamides is 1. The van der Waals surface area contributed by atoms with Gasteiger partial charge in [-0.25, -0.2) is 17.2 Å². The van der Waals surface area contributed by atoms with Gasteiger partial charge in [0.2, 0.25) is 0 Å². The average Bonchev–Trinajstić information content (AvgIpc) is 2.80. The standard InChI is InChI=1S/C22H18F2N2O5S/c1-30-14-9-11-15(12-10-14)32(28,29)26-13-20(31-19-8-3-2-7-18(19)26)22(27)25-21-16(23)5-4-6-17(21)24/h2-12,20H,13H2,1H3,(H,25,27). The van der Waals surface area contributed by atoms with Gasteiger partial charge in [-0.05, 0) is 48.5 Å². The van der Waals surface area contributed by atoms with Crippen LogP contribution in [0.4, 0.5) is 20.2 Å². The van der Waals surface area contributed by atoms with E-state index >= 15 is 0 Å². The van der Waals surface area contributed by atoms with E-state index in [0.29, 0.717) is 5.75 Å². The van der Waals surface area contributed by atoms with Gasteiger partial charge in [0, 0.05) is 0 Å². The van der Waals surface area contributed by atoms with Crippen molar-refractivity contribution < 1.29 is 31.5 Å². The number of carbonyl (C=O) groups is 1. The number of nitrogens with one attached hydrogen (secondary N) is 1. The van der Waals surface area contributed by atoms with Crippen LogP contribution >= 0.6 is 0 Å². The number of fused-ring (bicyclic) bond motifs is 1. The maximum absolute atomic E-state index is 14.0. The van der Waals surface area contributed by atoms with Crippen LogP contribution in [0.25, 0.3) is 0 Å². The lowest BCUT2D eigenvalue weighted by molar-refractivity contribution is -0.122. The molecule has 7 nitrogen and oxygen atoms in total. The highest BCUT2D eigenvalue weighted by atomic mass is 32.2. The van der Waals surface area contributed by atoms with Crippen molar-refractivity contribution in [3.8, 4) is 11.5 Å². The second kappa shape index (κ2) is 8.46. The first kappa shape index (κ1) is 21.6. The third kappa shape index (κ3) is 3.96. The molecule has 1 N–H and O–H groups in total. The molecule has 10 heteroatoms. The first-order valence-corrected chi connectivity index (χ1v) is 10.9. The Morgan fingerprint density at radius 3 is 2.34 bits per heavy atom. The van der Waals surface area contributed by atoms with E-state index in [2.05, 4.69) is 5.32 Å². The van der Waals surface area contributed by atoms with Gasteiger partial charge in [-0.2, -0.15) is 0 Å². The fourth-order valence-corrected chi connectivity index (χ4v) is 4.74. The monoisotopic (exact) mass is 460 g/mol. The van der Waals surface area contributed by atoms with Crippen molar-refractivity contribution in [1.82, 2.24) is 0 Å². The molecule has 166 valence electrons. The lowest BCUT2D eigenvalue weighted by Crippen LogP contribution is -2.49. The summed E-state index contributed by atoms with van der Waals surface area (Å²) in [4.78, 5) is 12.7. The van der Waals surface area contributed by atoms with Gasteiger partial charge < -0.3 is 14.8 Å². The third-order valence-electron chi connectivity index (χ3n) is 4.89. The summed E-state index contributed by atoms with van der Waals surface area (Å²) in [6.07, 6.45) is -1.35. The van der Waals surface area contributed by atoms with Crippen LogP contribution in [-0.2, 0) is 14.8 Å². The molecule has 1 unspecified atom stereocenters. The van der Waals surface area contributed by atoms with E-state index in [9.17, 15) is 22.0 Å². The zero-order valence-corrected chi connectivity index (χ0v) is 17.6. The van der Waals surface area contributed by atoms with Crippen LogP contribution in [0.2, 0.25) is 0 Å². The Morgan fingerprint density at radius 1 is 1.03 bits per heavy atom. The summed E-state index contributed by atoms with van der Waals surface area (Å²) in [6.45, 7) is -0.396. The lowest BCUT2D eigenvalue weighted by atomic mass is 10.2. The number of methoxy groups -OCH3 is 1. The molecule has 0 aliphatic carbocycles. The minimum Gasteiger partial charge on any atom is -0.497 e. The van der Waals surface area contributed by atoms with Crippen LogP contribution in [0.1, 0.15) is 0 Å². The highest BCUT2D eigenvalue weighted by molar-refractivity contribution is 7.92. The van der Waals surface area contributed by atoms with Gasteiger partial charge in [0.1, 0.15) is 28.8 Å². The number of nitrogens with zero attached hydrogens (tertiary/aromatic N) is 1. The first-order valence-electron chi connectivity index (χ1n) is 9.48. The van der Waals surface area contributed by atoms with E-state index < -0.39 is 45.9 Å². The fraction of sp³-hybridized carbons (Fsp3) is 0.136. The summed E-state index contributed by atoms with van der Waals surface area (Å²) in [5.41, 5.74) is -0.394. The van der Waals surface area contributed by atoms with E-state index in [0.717, 1.165) is 22.5 Å². The number of carbonyl (C=O) groups excluding carboxylic acids is 1. The Balaban J connectivity index is 1.68. The zero-order chi connectivity index (χ0) is 22.9. The normalized spacial score (nSPS) is 15.5. The molecule has 0 spiro atoms. The molecule has 0 bridgehead atoms. The van der Waals surface area contributed by atoms with Gasteiger partial charge in [0.15, 0.2) is 6.10 Å². The third-order valence-corrected chi connectivity index (χ3v) is 6.68. The molecule has 1 atom stereocenters. The van der Waals surface area contributed by atoms with Gasteiger partial charge in [0.05, 0.1) is 24.2 Å². The molecule has 3 aromatic carbocycles. The average molecular weight is 460 g/mol. The van der Waals surface area contributed by atoms with Crippen LogP contribution < -0.4 is 19.1 Å². The van der Waals surface area contributed by atoms with Crippen molar-refractivity contribution in [2.24, 2.45) is 0 Å². The topological polar surface area (TPSA) is 84.9 Å². The molecule has 32 heavy (non-hydrogen) atoms. The molecule has 4 rings (SSSR count). The smallest absolute Gasteiger partial charge is 0.267 e. The van der Waals surface area contributed by atoms with Gasteiger partial charge in [-0.15, -0.1) is 0 Å². The number of rotatable bonds is 5. The van der Waals surface area contributed by atoms with Crippen LogP contribution in [-0.4, -0.2) is 34.1 Å². The summed E-state index contributed by atoms with van der Waals surface area (Å²) in [7, 11) is -2.62. The van der Waals surface area contributed by atoms with E-state index in [4.69, 9.17) is 9.47 Å². The Morgan fingerprint density at radius 2 is 1.69 bits per heavy atom. The van der Waals surface area contributed by atoms with Crippen molar-refractivity contribution in [1.29, 1.82) is 0 Å². The molecule has 1 amide bonds. The fourth-order valence-electron chi connectivity index (χ4n) is 3.26. The van der Waals surface area contributed by atoms with Crippen molar-refractivity contribution in [3.05, 3.63) is 78.4 Å². The van der Waals surface area contributed by atoms with Crippen LogP contribution in [0, 0.1) is 11.6 Å². The van der Waals surface area contributed by atoms with Crippen molar-refractivity contribution in [3.63, 3.8) is 0 Å². The van der Waals surface area contributed by atoms with Gasteiger partial charge in [-0.3, -0.25) is 9.10 Å². The number of para-hydroxylation sites is 3. The van der Waals surface area contributed by atoms with Gasteiger partial charge in [0.25, 0.3) is 15.9 Å². The molecule has 1 heterocycles. The number of halogens is 2. The molecular weight excluding hydrogens is 442 g/mol. The molecule has 0 fully saturated rings. The van der Waals surface area contributed by atoms with Crippen LogP contribution in [0.15, 0.2) is 71.6 Å². The predicted octanol–water partition coefficient (Wildman–Crippen LogP) is 3.57. The molecule has 1 aliphatic rings. The van der Waals surface area contributed by atoms with E-state index in [-0.39, 0.29) is 16.3 Å².